The Balaban J connectivity index is 1.79. The first-order valence-corrected chi connectivity index (χ1v) is 10.8. The molecule has 1 saturated heterocycles. The van der Waals surface area contributed by atoms with Crippen LogP contribution in [0.1, 0.15) is 32.5 Å². The summed E-state index contributed by atoms with van der Waals surface area (Å²) in [5.41, 5.74) is 0.775. The van der Waals surface area contributed by atoms with Gasteiger partial charge in [0.1, 0.15) is 0 Å². The van der Waals surface area contributed by atoms with E-state index in [1.807, 2.05) is 12.1 Å². The number of aromatic nitrogens is 3. The molecule has 0 aliphatic carbocycles. The van der Waals surface area contributed by atoms with Gasteiger partial charge in [-0.15, -0.1) is 0 Å². The molecule has 0 amide bonds. The fourth-order valence-electron chi connectivity index (χ4n) is 3.25. The van der Waals surface area contributed by atoms with Crippen LogP contribution < -0.4 is 5.32 Å². The van der Waals surface area contributed by atoms with E-state index in [1.165, 1.54) is 0 Å². The molecule has 1 aliphatic rings. The van der Waals surface area contributed by atoms with Crippen LogP contribution in [0.4, 0.5) is 5.95 Å². The van der Waals surface area contributed by atoms with Crippen LogP contribution in [-0.2, 0) is 3.79 Å². The Morgan fingerprint density at radius 1 is 1.07 bits per heavy atom. The average molecular weight is 463 g/mol. The molecule has 0 spiro atoms. The molecular formula is C19H23Cl4N5. The summed E-state index contributed by atoms with van der Waals surface area (Å²) < 4.78 is -1.73. The molecule has 1 aromatic heterocycles. The number of anilines is 1. The van der Waals surface area contributed by atoms with E-state index in [9.17, 15) is 0 Å². The van der Waals surface area contributed by atoms with E-state index in [-0.39, 0.29) is 11.9 Å². The fraction of sp³-hybridized carbons (Fsp3) is 0.526. The molecule has 2 aromatic rings. The lowest BCUT2D eigenvalue weighted by atomic mass is 10.0. The Kier molecular flexibility index (Phi) is 7.26. The van der Waals surface area contributed by atoms with Crippen LogP contribution in [-0.4, -0.2) is 45.5 Å². The molecule has 1 aliphatic heterocycles. The second-order valence-electron chi connectivity index (χ2n) is 7.42. The van der Waals surface area contributed by atoms with Gasteiger partial charge in [-0.25, -0.2) is 4.98 Å². The first kappa shape index (κ1) is 21.8. The zero-order valence-corrected chi connectivity index (χ0v) is 18.8. The third-order valence-electron chi connectivity index (χ3n) is 4.54. The van der Waals surface area contributed by atoms with Crippen LogP contribution in [0.25, 0.3) is 11.4 Å². The standard InChI is InChI=1S/C19H23Cl4N5/c1-12(2)11-28-9-7-15(8-10-28)24-18-26-16(13-3-5-14(20)6-4-13)25-17(27-18)19(21,22)23/h3-6,12,15H,7-11H2,1-2H3,(H,24,25,26,27). The molecule has 152 valence electrons. The van der Waals surface area contributed by atoms with Gasteiger partial charge in [0.05, 0.1) is 0 Å². The van der Waals surface area contributed by atoms with Gasteiger partial charge in [0.25, 0.3) is 0 Å². The summed E-state index contributed by atoms with van der Waals surface area (Å²) >= 11 is 24.1. The molecule has 0 saturated carbocycles. The van der Waals surface area contributed by atoms with Gasteiger partial charge in [0, 0.05) is 36.3 Å². The van der Waals surface area contributed by atoms with Gasteiger partial charge in [-0.2, -0.15) is 9.97 Å². The number of alkyl halides is 3. The molecule has 1 N–H and O–H groups in total. The maximum Gasteiger partial charge on any atom is 0.250 e. The minimum atomic E-state index is -1.73. The predicted molar refractivity (Wildman–Crippen MR) is 117 cm³/mol. The molecule has 0 radical (unpaired) electrons. The normalized spacial score (nSPS) is 16.5. The van der Waals surface area contributed by atoms with Crippen LogP contribution in [0.2, 0.25) is 5.02 Å². The summed E-state index contributed by atoms with van der Waals surface area (Å²) in [5, 5.41) is 4.03. The fourth-order valence-corrected chi connectivity index (χ4v) is 3.63. The molecule has 1 aromatic carbocycles. The van der Waals surface area contributed by atoms with Gasteiger partial charge in [-0.1, -0.05) is 60.3 Å². The van der Waals surface area contributed by atoms with Crippen LogP contribution in [0.3, 0.4) is 0 Å². The van der Waals surface area contributed by atoms with Crippen molar-refractivity contribution in [1.82, 2.24) is 19.9 Å². The Labute approximate surface area is 185 Å². The number of nitrogens with zero attached hydrogens (tertiary/aromatic N) is 4. The second kappa shape index (κ2) is 9.31. The molecule has 0 unspecified atom stereocenters. The molecule has 1 fully saturated rings. The summed E-state index contributed by atoms with van der Waals surface area (Å²) in [6, 6.07) is 7.47. The highest BCUT2D eigenvalue weighted by molar-refractivity contribution is 6.66. The van der Waals surface area contributed by atoms with E-state index < -0.39 is 3.79 Å². The van der Waals surface area contributed by atoms with E-state index in [4.69, 9.17) is 46.4 Å². The van der Waals surface area contributed by atoms with Crippen molar-refractivity contribution in [2.24, 2.45) is 5.92 Å². The first-order valence-electron chi connectivity index (χ1n) is 9.29. The van der Waals surface area contributed by atoms with Crippen molar-refractivity contribution in [3.63, 3.8) is 0 Å². The third-order valence-corrected chi connectivity index (χ3v) is 5.29. The summed E-state index contributed by atoms with van der Waals surface area (Å²) in [7, 11) is 0. The lowest BCUT2D eigenvalue weighted by molar-refractivity contribution is 0.197. The number of hydrogen-bond donors (Lipinski definition) is 1. The van der Waals surface area contributed by atoms with Gasteiger partial charge in [-0.05, 0) is 43.0 Å². The predicted octanol–water partition coefficient (Wildman–Crippen LogP) is 5.55. The first-order chi connectivity index (χ1) is 13.2. The molecule has 5 nitrogen and oxygen atoms in total. The maximum absolute atomic E-state index is 6.05. The van der Waals surface area contributed by atoms with Gasteiger partial charge in [-0.3, -0.25) is 0 Å². The second-order valence-corrected chi connectivity index (χ2v) is 10.1. The smallest absolute Gasteiger partial charge is 0.250 e. The Hall–Kier alpha value is -0.850. The van der Waals surface area contributed by atoms with E-state index in [2.05, 4.69) is 39.0 Å². The SMILES string of the molecule is CC(C)CN1CCC(Nc2nc(-c3ccc(Cl)cc3)nc(C(Cl)(Cl)Cl)n2)CC1. The number of piperidine rings is 1. The highest BCUT2D eigenvalue weighted by atomic mass is 35.6. The summed E-state index contributed by atoms with van der Waals surface area (Å²) in [4.78, 5) is 15.7. The largest absolute Gasteiger partial charge is 0.351 e. The number of likely N-dealkylation sites (tertiary alicyclic amines) is 1. The lowest BCUT2D eigenvalue weighted by Gasteiger charge is -2.33. The summed E-state index contributed by atoms with van der Waals surface area (Å²) in [6.07, 6.45) is 2.02. The van der Waals surface area contributed by atoms with E-state index in [0.29, 0.717) is 22.7 Å². The van der Waals surface area contributed by atoms with Crippen LogP contribution in [0.15, 0.2) is 24.3 Å². The number of halogens is 4. The molecule has 0 atom stereocenters. The number of benzene rings is 1. The highest BCUT2D eigenvalue weighted by Gasteiger charge is 2.29. The molecule has 0 bridgehead atoms. The lowest BCUT2D eigenvalue weighted by Crippen LogP contribution is -2.41. The molecule has 2 heterocycles. The highest BCUT2D eigenvalue weighted by Crippen LogP contribution is 2.37. The third kappa shape index (κ3) is 6.07. The van der Waals surface area contributed by atoms with Gasteiger partial charge >= 0.3 is 0 Å². The summed E-state index contributed by atoms with van der Waals surface area (Å²) in [6.45, 7) is 7.69. The molecular weight excluding hydrogens is 440 g/mol. The number of hydrogen-bond acceptors (Lipinski definition) is 5. The van der Waals surface area contributed by atoms with E-state index in [1.54, 1.807) is 12.1 Å². The van der Waals surface area contributed by atoms with Crippen LogP contribution in [0.5, 0.6) is 0 Å². The van der Waals surface area contributed by atoms with Gasteiger partial charge < -0.3 is 10.2 Å². The van der Waals surface area contributed by atoms with Crippen molar-refractivity contribution in [3.05, 3.63) is 35.1 Å². The zero-order valence-electron chi connectivity index (χ0n) is 15.8. The molecule has 28 heavy (non-hydrogen) atoms. The van der Waals surface area contributed by atoms with Crippen molar-refractivity contribution in [2.75, 3.05) is 25.0 Å². The Morgan fingerprint density at radius 3 is 2.29 bits per heavy atom. The zero-order chi connectivity index (χ0) is 20.3. The Bertz CT molecular complexity index is 784. The molecule has 9 heteroatoms. The Morgan fingerprint density at radius 2 is 1.71 bits per heavy atom. The van der Waals surface area contributed by atoms with Crippen molar-refractivity contribution in [2.45, 2.75) is 36.5 Å². The molecule has 3 rings (SSSR count). The van der Waals surface area contributed by atoms with E-state index in [0.717, 1.165) is 38.0 Å². The van der Waals surface area contributed by atoms with Crippen LogP contribution in [0, 0.1) is 5.92 Å². The van der Waals surface area contributed by atoms with Gasteiger partial charge in [0.15, 0.2) is 11.6 Å². The minimum absolute atomic E-state index is 0.0946. The quantitative estimate of drug-likeness (QED) is 0.590. The van der Waals surface area contributed by atoms with Gasteiger partial charge in [0.2, 0.25) is 9.74 Å². The van der Waals surface area contributed by atoms with Crippen molar-refractivity contribution >= 4 is 52.4 Å². The minimum Gasteiger partial charge on any atom is -0.351 e. The van der Waals surface area contributed by atoms with E-state index >= 15 is 0 Å². The maximum atomic E-state index is 6.05. The van der Waals surface area contributed by atoms with Crippen molar-refractivity contribution in [1.29, 1.82) is 0 Å². The number of nitrogens with one attached hydrogen (secondary N) is 1. The monoisotopic (exact) mass is 461 g/mol. The average Bonchev–Trinajstić information content (AvgIpc) is 2.62. The van der Waals surface area contributed by atoms with Crippen LogP contribution >= 0.6 is 46.4 Å². The van der Waals surface area contributed by atoms with Crippen molar-refractivity contribution in [3.8, 4) is 11.4 Å². The van der Waals surface area contributed by atoms with Crippen molar-refractivity contribution < 1.29 is 0 Å². The summed E-state index contributed by atoms with van der Waals surface area (Å²) in [5.74, 6) is 1.62. The number of rotatable bonds is 5. The topological polar surface area (TPSA) is 53.9 Å².